The Morgan fingerprint density at radius 1 is 1.33 bits per heavy atom. The van der Waals surface area contributed by atoms with E-state index >= 15 is 0 Å². The van der Waals surface area contributed by atoms with Crippen molar-refractivity contribution in [3.63, 3.8) is 0 Å². The summed E-state index contributed by atoms with van der Waals surface area (Å²) in [5, 5.41) is 9.92. The predicted molar refractivity (Wildman–Crippen MR) is 144 cm³/mol. The third-order valence-corrected chi connectivity index (χ3v) is 9.38. The van der Waals surface area contributed by atoms with Crippen LogP contribution in [0.3, 0.4) is 0 Å². The molecule has 0 spiro atoms. The summed E-state index contributed by atoms with van der Waals surface area (Å²) < 4.78 is 15.4. The minimum Gasteiger partial charge on any atom is -0.480 e. The minimum absolute atomic E-state index is 0.0143. The highest BCUT2D eigenvalue weighted by Crippen LogP contribution is 2.30. The lowest BCUT2D eigenvalue weighted by Gasteiger charge is -2.38. The number of hydrogen-bond donors (Lipinski definition) is 1. The van der Waals surface area contributed by atoms with Crippen LogP contribution in [0.5, 0.6) is 0 Å². The first-order chi connectivity index (χ1) is 17.3. The molecule has 2 aromatic rings. The van der Waals surface area contributed by atoms with E-state index in [0.29, 0.717) is 10.1 Å². The first kappa shape index (κ1) is 26.5. The van der Waals surface area contributed by atoms with E-state index in [-0.39, 0.29) is 25.5 Å². The fourth-order valence-corrected chi connectivity index (χ4v) is 7.12. The number of carbonyl (C=O) groups is 2. The Balaban J connectivity index is 1.49. The van der Waals surface area contributed by atoms with Crippen LogP contribution in [-0.4, -0.2) is 86.3 Å². The standard InChI is InChI=1S/C25H29ClN4O4S2/c1-3-21-19(5-4-10-26)13-23(35-21)36(34)29-15-20(25(32)33)30(22(31)16-29)14-17-6-8-18(9-7-17)24-27-11-12-28(24)2/h4-9,13,20H,3,10-12,14-16H2,1-2H3,(H,32,33)/b5-4-. The Bertz CT molecular complexity index is 1210. The molecule has 2 atom stereocenters. The Morgan fingerprint density at radius 3 is 2.69 bits per heavy atom. The van der Waals surface area contributed by atoms with Gasteiger partial charge in [0.05, 0.1) is 13.1 Å². The molecule has 2 unspecified atom stereocenters. The molecule has 1 aromatic carbocycles. The van der Waals surface area contributed by atoms with Gasteiger partial charge in [0.25, 0.3) is 0 Å². The second-order valence-corrected chi connectivity index (χ2v) is 11.8. The monoisotopic (exact) mass is 548 g/mol. The van der Waals surface area contributed by atoms with Crippen LogP contribution in [0, 0.1) is 0 Å². The number of halogens is 1. The van der Waals surface area contributed by atoms with E-state index < -0.39 is 23.0 Å². The van der Waals surface area contributed by atoms with Gasteiger partial charge in [-0.2, -0.15) is 0 Å². The molecular formula is C25H29ClN4O4S2. The number of carboxylic acid groups (broad SMARTS) is 1. The number of amides is 1. The highest BCUT2D eigenvalue weighted by molar-refractivity contribution is 7.85. The van der Waals surface area contributed by atoms with Gasteiger partial charge >= 0.3 is 5.97 Å². The highest BCUT2D eigenvalue weighted by Gasteiger charge is 2.39. The highest BCUT2D eigenvalue weighted by atomic mass is 35.5. The smallest absolute Gasteiger partial charge is 0.327 e. The second-order valence-electron chi connectivity index (χ2n) is 8.63. The number of likely N-dealkylation sites (N-methyl/N-ethyl adjacent to an activating group) is 1. The number of alkyl halides is 1. The Morgan fingerprint density at radius 2 is 2.08 bits per heavy atom. The summed E-state index contributed by atoms with van der Waals surface area (Å²) in [5.41, 5.74) is 2.77. The van der Waals surface area contributed by atoms with Crippen molar-refractivity contribution in [3.8, 4) is 0 Å². The fourth-order valence-electron chi connectivity index (χ4n) is 4.33. The average molecular weight is 549 g/mol. The molecule has 1 saturated heterocycles. The molecule has 4 rings (SSSR count). The summed E-state index contributed by atoms with van der Waals surface area (Å²) >= 11 is 7.17. The van der Waals surface area contributed by atoms with E-state index in [1.165, 1.54) is 20.5 Å². The Labute approximate surface area is 222 Å². The van der Waals surface area contributed by atoms with Crippen LogP contribution in [-0.2, 0) is 33.5 Å². The Kier molecular flexibility index (Phi) is 8.61. The average Bonchev–Trinajstić information content (AvgIpc) is 3.49. The van der Waals surface area contributed by atoms with Gasteiger partial charge in [0.1, 0.15) is 27.1 Å². The number of allylic oxidation sites excluding steroid dienone is 1. The van der Waals surface area contributed by atoms with Crippen LogP contribution in [0.2, 0.25) is 0 Å². The molecule has 3 heterocycles. The number of nitrogens with zero attached hydrogens (tertiary/aromatic N) is 4. The number of thiophene rings is 1. The molecule has 36 heavy (non-hydrogen) atoms. The molecule has 0 bridgehead atoms. The van der Waals surface area contributed by atoms with E-state index in [9.17, 15) is 18.9 Å². The second kappa shape index (κ2) is 11.7. The van der Waals surface area contributed by atoms with Crippen molar-refractivity contribution in [3.05, 3.63) is 58.0 Å². The number of benzene rings is 1. The van der Waals surface area contributed by atoms with Crippen molar-refractivity contribution in [2.24, 2.45) is 4.99 Å². The molecule has 1 aromatic heterocycles. The van der Waals surface area contributed by atoms with E-state index in [4.69, 9.17) is 11.6 Å². The normalized spacial score (nSPS) is 19.8. The van der Waals surface area contributed by atoms with Gasteiger partial charge in [-0.3, -0.25) is 9.79 Å². The molecule has 0 saturated carbocycles. The Hall–Kier alpha value is -2.53. The van der Waals surface area contributed by atoms with Crippen molar-refractivity contribution < 1.29 is 18.9 Å². The van der Waals surface area contributed by atoms with Gasteiger partial charge in [-0.25, -0.2) is 13.3 Å². The zero-order chi connectivity index (χ0) is 25.8. The number of rotatable bonds is 9. The lowest BCUT2D eigenvalue weighted by molar-refractivity contribution is -0.154. The van der Waals surface area contributed by atoms with Gasteiger partial charge in [-0.05, 0) is 23.6 Å². The molecule has 192 valence electrons. The van der Waals surface area contributed by atoms with E-state index in [2.05, 4.69) is 9.89 Å². The van der Waals surface area contributed by atoms with Crippen LogP contribution < -0.4 is 0 Å². The topological polar surface area (TPSA) is 93.5 Å². The molecule has 2 aliphatic heterocycles. The van der Waals surface area contributed by atoms with Crippen LogP contribution in [0.1, 0.15) is 28.5 Å². The molecule has 0 aliphatic carbocycles. The van der Waals surface area contributed by atoms with Crippen molar-refractivity contribution in [1.29, 1.82) is 0 Å². The summed E-state index contributed by atoms with van der Waals surface area (Å²) in [6.45, 7) is 3.72. The largest absolute Gasteiger partial charge is 0.480 e. The number of piperazine rings is 1. The molecule has 11 heteroatoms. The predicted octanol–water partition coefficient (Wildman–Crippen LogP) is 3.07. The lowest BCUT2D eigenvalue weighted by atomic mass is 10.1. The summed E-state index contributed by atoms with van der Waals surface area (Å²) in [6.07, 6.45) is 4.50. The first-order valence-electron chi connectivity index (χ1n) is 11.7. The number of aliphatic carboxylic acids is 1. The van der Waals surface area contributed by atoms with Gasteiger partial charge in [-0.15, -0.1) is 22.9 Å². The number of hydrogen-bond acceptors (Lipinski definition) is 6. The van der Waals surface area contributed by atoms with Crippen LogP contribution in [0.25, 0.3) is 6.08 Å². The van der Waals surface area contributed by atoms with Crippen molar-refractivity contribution in [2.45, 2.75) is 30.1 Å². The van der Waals surface area contributed by atoms with Gasteiger partial charge in [-0.1, -0.05) is 43.3 Å². The van der Waals surface area contributed by atoms with Gasteiger partial charge < -0.3 is 14.9 Å². The third-order valence-electron chi connectivity index (χ3n) is 6.23. The first-order valence-corrected chi connectivity index (χ1v) is 14.2. The number of carboxylic acids is 1. The van der Waals surface area contributed by atoms with Crippen LogP contribution >= 0.6 is 22.9 Å². The summed E-state index contributed by atoms with van der Waals surface area (Å²) in [5.74, 6) is -0.170. The summed E-state index contributed by atoms with van der Waals surface area (Å²) in [4.78, 5) is 34.3. The SMILES string of the molecule is CCc1sc(S(=O)N2CC(=O)N(Cc3ccc(C4=NCCN4C)cc3)C(C(=O)O)C2)cc1/C=C\CCl. The fraction of sp³-hybridized carbons (Fsp3) is 0.400. The van der Waals surface area contributed by atoms with Crippen LogP contribution in [0.4, 0.5) is 0 Å². The molecule has 1 amide bonds. The van der Waals surface area contributed by atoms with Crippen LogP contribution in [0.15, 0.2) is 45.6 Å². The zero-order valence-electron chi connectivity index (χ0n) is 20.2. The maximum atomic E-state index is 13.3. The maximum absolute atomic E-state index is 13.3. The minimum atomic E-state index is -1.64. The van der Waals surface area contributed by atoms with Crippen molar-refractivity contribution in [1.82, 2.24) is 14.1 Å². The number of aryl methyl sites for hydroxylation is 1. The maximum Gasteiger partial charge on any atom is 0.327 e. The molecule has 0 radical (unpaired) electrons. The lowest BCUT2D eigenvalue weighted by Crippen LogP contribution is -2.59. The van der Waals surface area contributed by atoms with Gasteiger partial charge in [0.15, 0.2) is 0 Å². The number of aliphatic imine (C=N–C) groups is 1. The van der Waals surface area contributed by atoms with Crippen molar-refractivity contribution in [2.75, 3.05) is 39.1 Å². The summed E-state index contributed by atoms with van der Waals surface area (Å²) in [7, 11) is 0.358. The molecule has 1 N–H and O–H groups in total. The molecule has 1 fully saturated rings. The summed E-state index contributed by atoms with van der Waals surface area (Å²) in [6, 6.07) is 8.42. The van der Waals surface area contributed by atoms with E-state index in [0.717, 1.165) is 46.9 Å². The third kappa shape index (κ3) is 5.72. The van der Waals surface area contributed by atoms with Crippen molar-refractivity contribution >= 4 is 57.7 Å². The zero-order valence-corrected chi connectivity index (χ0v) is 22.6. The van der Waals surface area contributed by atoms with Gasteiger partial charge in [0.2, 0.25) is 5.91 Å². The molecular weight excluding hydrogens is 520 g/mol. The quantitative estimate of drug-likeness (QED) is 0.486. The van der Waals surface area contributed by atoms with Gasteiger partial charge in [0, 0.05) is 43.0 Å². The van der Waals surface area contributed by atoms with E-state index in [1.54, 1.807) is 0 Å². The molecule has 8 nitrogen and oxygen atoms in total. The molecule has 2 aliphatic rings. The number of carbonyl (C=O) groups excluding carboxylic acids is 1. The van der Waals surface area contributed by atoms with E-state index in [1.807, 2.05) is 56.5 Å². The number of amidine groups is 1.